The monoisotopic (exact) mass is 468 g/mol. The van der Waals surface area contributed by atoms with Gasteiger partial charge in [-0.3, -0.25) is 9.59 Å². The van der Waals surface area contributed by atoms with Crippen molar-refractivity contribution in [2.75, 3.05) is 20.2 Å². The maximum absolute atomic E-state index is 14.5. The first kappa shape index (κ1) is 24.2. The Morgan fingerprint density at radius 3 is 2.79 bits per heavy atom. The zero-order valence-corrected chi connectivity index (χ0v) is 19.7. The molecule has 1 N–H and O–H groups in total. The van der Waals surface area contributed by atoms with Gasteiger partial charge in [-0.05, 0) is 61.4 Å². The average Bonchev–Trinajstić information content (AvgIpc) is 3.24. The van der Waals surface area contributed by atoms with Gasteiger partial charge in [0.25, 0.3) is 0 Å². The summed E-state index contributed by atoms with van der Waals surface area (Å²) >= 11 is 0. The minimum atomic E-state index is -0.626. The number of nitrogens with one attached hydrogen (secondary N) is 1. The van der Waals surface area contributed by atoms with Gasteiger partial charge in [-0.1, -0.05) is 30.3 Å². The summed E-state index contributed by atoms with van der Waals surface area (Å²) in [5, 5.41) is 3.04. The number of carbonyl (C=O) groups is 2. The molecule has 2 saturated heterocycles. The summed E-state index contributed by atoms with van der Waals surface area (Å²) in [7, 11) is 1.54. The zero-order valence-electron chi connectivity index (χ0n) is 19.7. The number of hydrogen-bond donors (Lipinski definition) is 1. The summed E-state index contributed by atoms with van der Waals surface area (Å²) in [4.78, 5) is 27.0. The van der Waals surface area contributed by atoms with Crippen LogP contribution in [0.2, 0.25) is 0 Å². The Hall–Kier alpha value is -2.93. The fourth-order valence-corrected chi connectivity index (χ4v) is 4.95. The quantitative estimate of drug-likeness (QED) is 0.604. The number of nitrogens with zero attached hydrogens (tertiary/aromatic N) is 1. The molecule has 0 spiro atoms. The van der Waals surface area contributed by atoms with Crippen LogP contribution in [0.15, 0.2) is 48.5 Å². The van der Waals surface area contributed by atoms with Crippen molar-refractivity contribution in [1.82, 2.24) is 10.2 Å². The SMILES string of the molecule is COc1ccc(F)c(C[C@]2(CCC(=O)N3CCC[C@@H](OCc4ccccc4)C3)CCC(=O)N2)c1. The number of amides is 2. The van der Waals surface area contributed by atoms with E-state index in [1.54, 1.807) is 12.1 Å². The Morgan fingerprint density at radius 2 is 2.06 bits per heavy atom. The second-order valence-corrected chi connectivity index (χ2v) is 9.36. The predicted molar refractivity (Wildman–Crippen MR) is 127 cm³/mol. The molecule has 6 nitrogen and oxygen atoms in total. The van der Waals surface area contributed by atoms with Crippen LogP contribution in [0.1, 0.15) is 49.7 Å². The van der Waals surface area contributed by atoms with Gasteiger partial charge in [-0.25, -0.2) is 4.39 Å². The summed E-state index contributed by atoms with van der Waals surface area (Å²) < 4.78 is 25.8. The molecule has 4 rings (SSSR count). The molecule has 2 heterocycles. The lowest BCUT2D eigenvalue weighted by molar-refractivity contribution is -0.136. The van der Waals surface area contributed by atoms with E-state index in [9.17, 15) is 14.0 Å². The fraction of sp³-hybridized carbons (Fsp3) is 0.481. The normalized spacial score (nSPS) is 22.5. The highest BCUT2D eigenvalue weighted by Gasteiger charge is 2.39. The van der Waals surface area contributed by atoms with Crippen molar-refractivity contribution in [1.29, 1.82) is 0 Å². The van der Waals surface area contributed by atoms with Crippen molar-refractivity contribution < 1.29 is 23.5 Å². The number of hydrogen-bond acceptors (Lipinski definition) is 4. The maximum Gasteiger partial charge on any atom is 0.222 e. The number of rotatable bonds is 9. The third-order valence-electron chi connectivity index (χ3n) is 6.89. The molecule has 0 radical (unpaired) electrons. The molecule has 2 amide bonds. The van der Waals surface area contributed by atoms with Gasteiger partial charge in [0.2, 0.25) is 11.8 Å². The highest BCUT2D eigenvalue weighted by atomic mass is 19.1. The summed E-state index contributed by atoms with van der Waals surface area (Å²) in [6.45, 7) is 1.83. The Bertz CT molecular complexity index is 999. The summed E-state index contributed by atoms with van der Waals surface area (Å²) in [5.74, 6) is 0.242. The third-order valence-corrected chi connectivity index (χ3v) is 6.89. The van der Waals surface area contributed by atoms with E-state index < -0.39 is 5.54 Å². The molecule has 2 aromatic carbocycles. The van der Waals surface area contributed by atoms with E-state index in [1.807, 2.05) is 35.2 Å². The van der Waals surface area contributed by atoms with Gasteiger partial charge in [0, 0.05) is 31.5 Å². The Kier molecular flexibility index (Phi) is 7.83. The van der Waals surface area contributed by atoms with E-state index in [4.69, 9.17) is 9.47 Å². The second kappa shape index (κ2) is 11.0. The average molecular weight is 469 g/mol. The van der Waals surface area contributed by atoms with Gasteiger partial charge in [-0.15, -0.1) is 0 Å². The van der Waals surface area contributed by atoms with Crippen LogP contribution < -0.4 is 10.1 Å². The highest BCUT2D eigenvalue weighted by molar-refractivity contribution is 5.80. The van der Waals surface area contributed by atoms with E-state index in [2.05, 4.69) is 5.32 Å². The number of carbonyl (C=O) groups excluding carboxylic acids is 2. The van der Waals surface area contributed by atoms with Crippen LogP contribution in [0.25, 0.3) is 0 Å². The minimum Gasteiger partial charge on any atom is -0.497 e. The van der Waals surface area contributed by atoms with E-state index in [1.165, 1.54) is 13.2 Å². The van der Waals surface area contributed by atoms with Crippen molar-refractivity contribution in [3.63, 3.8) is 0 Å². The van der Waals surface area contributed by atoms with Crippen LogP contribution in [0.5, 0.6) is 5.75 Å². The first-order valence-electron chi connectivity index (χ1n) is 12.0. The number of halogens is 1. The molecular weight excluding hydrogens is 435 g/mol. The van der Waals surface area contributed by atoms with Gasteiger partial charge >= 0.3 is 0 Å². The molecule has 0 aliphatic carbocycles. The first-order chi connectivity index (χ1) is 16.5. The largest absolute Gasteiger partial charge is 0.497 e. The van der Waals surface area contributed by atoms with Crippen LogP contribution >= 0.6 is 0 Å². The zero-order chi connectivity index (χ0) is 24.0. The van der Waals surface area contributed by atoms with Crippen molar-refractivity contribution in [3.05, 3.63) is 65.5 Å². The lowest BCUT2D eigenvalue weighted by Gasteiger charge is -2.34. The number of ether oxygens (including phenoxy) is 2. The van der Waals surface area contributed by atoms with Crippen LogP contribution in [0.4, 0.5) is 4.39 Å². The Labute approximate surface area is 200 Å². The molecule has 2 fully saturated rings. The lowest BCUT2D eigenvalue weighted by Crippen LogP contribution is -2.47. The molecule has 7 heteroatoms. The molecule has 0 bridgehead atoms. The van der Waals surface area contributed by atoms with Gasteiger partial charge in [0.05, 0.1) is 19.8 Å². The molecule has 2 aliphatic heterocycles. The standard InChI is InChI=1S/C27H33FN2O4/c1-33-22-9-10-24(28)21(16-22)17-27(13-11-25(31)29-27)14-12-26(32)30-15-5-8-23(18-30)34-19-20-6-3-2-4-7-20/h2-4,6-7,9-10,16,23H,5,8,11-15,17-19H2,1H3,(H,29,31)/t23-,27-/m1/s1. The molecule has 0 unspecified atom stereocenters. The Morgan fingerprint density at radius 1 is 1.24 bits per heavy atom. The number of piperidine rings is 1. The highest BCUT2D eigenvalue weighted by Crippen LogP contribution is 2.32. The third kappa shape index (κ3) is 6.14. The molecule has 2 atom stereocenters. The number of methoxy groups -OCH3 is 1. The summed E-state index contributed by atoms with van der Waals surface area (Å²) in [6.07, 6.45) is 3.93. The van der Waals surface area contributed by atoms with Crippen LogP contribution in [0.3, 0.4) is 0 Å². The van der Waals surface area contributed by atoms with Gasteiger partial charge in [-0.2, -0.15) is 0 Å². The molecular formula is C27H33FN2O4. The number of benzene rings is 2. The van der Waals surface area contributed by atoms with Gasteiger partial charge < -0.3 is 19.7 Å². The maximum atomic E-state index is 14.5. The van der Waals surface area contributed by atoms with E-state index in [-0.39, 0.29) is 23.7 Å². The van der Waals surface area contributed by atoms with Crippen LogP contribution in [-0.2, 0) is 27.4 Å². The molecule has 2 aromatic rings. The van der Waals surface area contributed by atoms with Crippen molar-refractivity contribution >= 4 is 11.8 Å². The fourth-order valence-electron chi connectivity index (χ4n) is 4.95. The van der Waals surface area contributed by atoms with E-state index in [0.717, 1.165) is 18.4 Å². The van der Waals surface area contributed by atoms with Crippen LogP contribution in [0, 0.1) is 5.82 Å². The molecule has 0 aromatic heterocycles. The van der Waals surface area contributed by atoms with Crippen molar-refractivity contribution in [3.8, 4) is 5.75 Å². The molecule has 0 saturated carbocycles. The smallest absolute Gasteiger partial charge is 0.222 e. The Balaban J connectivity index is 1.35. The molecule has 2 aliphatic rings. The van der Waals surface area contributed by atoms with Crippen molar-refractivity contribution in [2.45, 2.75) is 63.2 Å². The van der Waals surface area contributed by atoms with Gasteiger partial charge in [0.1, 0.15) is 11.6 Å². The summed E-state index contributed by atoms with van der Waals surface area (Å²) in [5.41, 5.74) is 0.981. The number of likely N-dealkylation sites (tertiary alicyclic amines) is 1. The first-order valence-corrected chi connectivity index (χ1v) is 12.0. The minimum absolute atomic E-state index is 0.0175. The van der Waals surface area contributed by atoms with Gasteiger partial charge in [0.15, 0.2) is 0 Å². The second-order valence-electron chi connectivity index (χ2n) is 9.36. The topological polar surface area (TPSA) is 67.9 Å². The molecule has 34 heavy (non-hydrogen) atoms. The predicted octanol–water partition coefficient (Wildman–Crippen LogP) is 4.01. The van der Waals surface area contributed by atoms with Crippen molar-refractivity contribution in [2.24, 2.45) is 0 Å². The molecule has 182 valence electrons. The van der Waals surface area contributed by atoms with E-state index in [0.29, 0.717) is 63.1 Å². The lowest BCUT2D eigenvalue weighted by atomic mass is 9.84. The van der Waals surface area contributed by atoms with Crippen LogP contribution in [-0.4, -0.2) is 48.6 Å². The van der Waals surface area contributed by atoms with E-state index >= 15 is 0 Å². The summed E-state index contributed by atoms with van der Waals surface area (Å²) in [6, 6.07) is 14.7.